The van der Waals surface area contributed by atoms with Crippen molar-refractivity contribution in [3.8, 4) is 11.4 Å². The molecule has 2 heterocycles. The molecule has 8 heteroatoms. The van der Waals surface area contributed by atoms with Gasteiger partial charge in [-0.05, 0) is 6.07 Å². The Hall–Kier alpha value is -2.25. The van der Waals surface area contributed by atoms with Gasteiger partial charge < -0.3 is 5.73 Å². The van der Waals surface area contributed by atoms with Gasteiger partial charge in [-0.25, -0.2) is 14.4 Å². The molecule has 2 rings (SSSR count). The molecular weight excluding hydrogens is 252 g/mol. The summed E-state index contributed by atoms with van der Waals surface area (Å²) < 4.78 is 50.6. The summed E-state index contributed by atoms with van der Waals surface area (Å²) in [6, 6.07) is 0.985. The van der Waals surface area contributed by atoms with Crippen LogP contribution < -0.4 is 5.73 Å². The van der Waals surface area contributed by atoms with Crippen LogP contribution in [0.1, 0.15) is 5.69 Å². The Kier molecular flexibility index (Phi) is 2.85. The lowest BCUT2D eigenvalue weighted by Gasteiger charge is -2.09. The molecule has 0 unspecified atom stereocenters. The molecule has 0 bridgehead atoms. The number of halogens is 4. The monoisotopic (exact) mass is 258 g/mol. The Balaban J connectivity index is 2.54. The SMILES string of the molecule is Nc1cnc(-c2cncc(F)c2)nc1C(F)(F)F. The van der Waals surface area contributed by atoms with Gasteiger partial charge in [0.2, 0.25) is 0 Å². The average molecular weight is 258 g/mol. The topological polar surface area (TPSA) is 64.7 Å². The van der Waals surface area contributed by atoms with E-state index in [1.54, 1.807) is 0 Å². The molecule has 0 saturated heterocycles. The van der Waals surface area contributed by atoms with Gasteiger partial charge in [-0.2, -0.15) is 13.2 Å². The summed E-state index contributed by atoms with van der Waals surface area (Å²) >= 11 is 0. The number of alkyl halides is 3. The van der Waals surface area contributed by atoms with Gasteiger partial charge in [0, 0.05) is 11.8 Å². The first-order chi connectivity index (χ1) is 8.38. The third-order valence-electron chi connectivity index (χ3n) is 2.05. The largest absolute Gasteiger partial charge is 0.435 e. The van der Waals surface area contributed by atoms with Crippen LogP contribution in [0.5, 0.6) is 0 Å². The van der Waals surface area contributed by atoms with Gasteiger partial charge in [0.15, 0.2) is 11.5 Å². The molecule has 0 aliphatic heterocycles. The first-order valence-corrected chi connectivity index (χ1v) is 4.68. The highest BCUT2D eigenvalue weighted by atomic mass is 19.4. The Labute approximate surface area is 98.5 Å². The minimum Gasteiger partial charge on any atom is -0.396 e. The third-order valence-corrected chi connectivity index (χ3v) is 2.05. The summed E-state index contributed by atoms with van der Waals surface area (Å²) in [7, 11) is 0. The highest BCUT2D eigenvalue weighted by molar-refractivity contribution is 5.56. The van der Waals surface area contributed by atoms with E-state index in [0.29, 0.717) is 0 Å². The molecule has 0 aliphatic rings. The quantitative estimate of drug-likeness (QED) is 0.797. The van der Waals surface area contributed by atoms with Crippen LogP contribution in [0.3, 0.4) is 0 Å². The molecule has 0 saturated carbocycles. The molecule has 0 amide bonds. The van der Waals surface area contributed by atoms with Crippen molar-refractivity contribution in [3.63, 3.8) is 0 Å². The van der Waals surface area contributed by atoms with Crippen molar-refractivity contribution in [2.45, 2.75) is 6.18 Å². The van der Waals surface area contributed by atoms with E-state index >= 15 is 0 Å². The zero-order valence-corrected chi connectivity index (χ0v) is 8.74. The maximum absolute atomic E-state index is 12.9. The van der Waals surface area contributed by atoms with Crippen molar-refractivity contribution in [2.24, 2.45) is 0 Å². The number of anilines is 1. The summed E-state index contributed by atoms with van der Waals surface area (Å²) in [5.74, 6) is -0.981. The standard InChI is InChI=1S/C10H6F4N4/c11-6-1-5(2-16-3-6)9-17-4-7(15)8(18-9)10(12,13)14/h1-4H,15H2. The first-order valence-electron chi connectivity index (χ1n) is 4.68. The summed E-state index contributed by atoms with van der Waals surface area (Å²) in [6.45, 7) is 0. The van der Waals surface area contributed by atoms with Crippen molar-refractivity contribution in [1.29, 1.82) is 0 Å². The van der Waals surface area contributed by atoms with E-state index in [2.05, 4.69) is 15.0 Å². The number of rotatable bonds is 1. The lowest BCUT2D eigenvalue weighted by molar-refractivity contribution is -0.140. The van der Waals surface area contributed by atoms with Crippen LogP contribution in [-0.4, -0.2) is 15.0 Å². The predicted molar refractivity (Wildman–Crippen MR) is 54.6 cm³/mol. The molecule has 0 radical (unpaired) electrons. The summed E-state index contributed by atoms with van der Waals surface area (Å²) in [4.78, 5) is 10.4. The normalized spacial score (nSPS) is 11.6. The minimum atomic E-state index is -4.69. The molecule has 94 valence electrons. The van der Waals surface area contributed by atoms with Crippen molar-refractivity contribution in [3.05, 3.63) is 36.2 Å². The Bertz CT molecular complexity index is 582. The van der Waals surface area contributed by atoms with Gasteiger partial charge in [-0.1, -0.05) is 0 Å². The molecule has 0 aromatic carbocycles. The van der Waals surface area contributed by atoms with E-state index in [9.17, 15) is 17.6 Å². The minimum absolute atomic E-state index is 0.0421. The van der Waals surface area contributed by atoms with E-state index in [-0.39, 0.29) is 11.4 Å². The Morgan fingerprint density at radius 3 is 2.44 bits per heavy atom. The molecule has 0 fully saturated rings. The summed E-state index contributed by atoms with van der Waals surface area (Å²) in [5.41, 5.74) is 3.35. The molecule has 0 aliphatic carbocycles. The van der Waals surface area contributed by atoms with Crippen LogP contribution in [0.4, 0.5) is 23.2 Å². The van der Waals surface area contributed by atoms with Gasteiger partial charge in [0.25, 0.3) is 0 Å². The molecule has 0 spiro atoms. The van der Waals surface area contributed by atoms with Crippen molar-refractivity contribution >= 4 is 5.69 Å². The first kappa shape index (κ1) is 12.2. The van der Waals surface area contributed by atoms with Gasteiger partial charge in [-0.3, -0.25) is 4.98 Å². The van der Waals surface area contributed by atoms with Gasteiger partial charge >= 0.3 is 6.18 Å². The fourth-order valence-corrected chi connectivity index (χ4v) is 1.29. The number of hydrogen-bond donors (Lipinski definition) is 1. The van der Waals surface area contributed by atoms with Gasteiger partial charge in [0.1, 0.15) is 5.82 Å². The second kappa shape index (κ2) is 4.21. The maximum atomic E-state index is 12.9. The number of nitrogen functional groups attached to an aromatic ring is 1. The van der Waals surface area contributed by atoms with Crippen LogP contribution in [-0.2, 0) is 6.18 Å². The van der Waals surface area contributed by atoms with E-state index in [4.69, 9.17) is 5.73 Å². The number of nitrogens with two attached hydrogens (primary N) is 1. The van der Waals surface area contributed by atoms with Crippen LogP contribution in [0.15, 0.2) is 24.7 Å². The lowest BCUT2D eigenvalue weighted by atomic mass is 10.2. The predicted octanol–water partition coefficient (Wildman–Crippen LogP) is 2.28. The summed E-state index contributed by atoms with van der Waals surface area (Å²) in [6.07, 6.45) is -1.78. The molecule has 18 heavy (non-hydrogen) atoms. The number of nitrogens with zero attached hydrogens (tertiary/aromatic N) is 3. The Morgan fingerprint density at radius 1 is 1.11 bits per heavy atom. The van der Waals surface area contributed by atoms with Gasteiger partial charge in [0.05, 0.1) is 18.1 Å². The highest BCUT2D eigenvalue weighted by Gasteiger charge is 2.35. The van der Waals surface area contributed by atoms with Crippen molar-refractivity contribution in [2.75, 3.05) is 5.73 Å². The van der Waals surface area contributed by atoms with Crippen LogP contribution in [0, 0.1) is 5.82 Å². The highest BCUT2D eigenvalue weighted by Crippen LogP contribution is 2.32. The molecular formula is C10H6F4N4. The second-order valence-electron chi connectivity index (χ2n) is 3.39. The van der Waals surface area contributed by atoms with E-state index in [0.717, 1.165) is 24.7 Å². The molecule has 2 aromatic rings. The van der Waals surface area contributed by atoms with Crippen LogP contribution >= 0.6 is 0 Å². The second-order valence-corrected chi connectivity index (χ2v) is 3.39. The van der Waals surface area contributed by atoms with Gasteiger partial charge in [-0.15, -0.1) is 0 Å². The fourth-order valence-electron chi connectivity index (χ4n) is 1.29. The van der Waals surface area contributed by atoms with E-state index < -0.39 is 23.4 Å². The fraction of sp³-hybridized carbons (Fsp3) is 0.100. The van der Waals surface area contributed by atoms with E-state index in [1.807, 2.05) is 0 Å². The lowest BCUT2D eigenvalue weighted by Crippen LogP contribution is -2.13. The Morgan fingerprint density at radius 2 is 1.83 bits per heavy atom. The third kappa shape index (κ3) is 2.36. The summed E-state index contributed by atoms with van der Waals surface area (Å²) in [5, 5.41) is 0. The number of pyridine rings is 1. The molecule has 4 nitrogen and oxygen atoms in total. The van der Waals surface area contributed by atoms with Crippen LogP contribution in [0.25, 0.3) is 11.4 Å². The average Bonchev–Trinajstić information content (AvgIpc) is 2.28. The number of hydrogen-bond acceptors (Lipinski definition) is 4. The van der Waals surface area contributed by atoms with E-state index in [1.165, 1.54) is 0 Å². The molecule has 2 aromatic heterocycles. The maximum Gasteiger partial charge on any atom is 0.435 e. The van der Waals surface area contributed by atoms with Crippen molar-refractivity contribution in [1.82, 2.24) is 15.0 Å². The smallest absolute Gasteiger partial charge is 0.396 e. The molecule has 0 atom stereocenters. The number of aromatic nitrogens is 3. The van der Waals surface area contributed by atoms with Crippen LogP contribution in [0.2, 0.25) is 0 Å². The zero-order chi connectivity index (χ0) is 13.3. The molecule has 2 N–H and O–H groups in total. The van der Waals surface area contributed by atoms with Crippen molar-refractivity contribution < 1.29 is 17.6 Å². The zero-order valence-electron chi connectivity index (χ0n) is 8.74.